The molecule has 2 atom stereocenters. The molecule has 0 aliphatic carbocycles. The summed E-state index contributed by atoms with van der Waals surface area (Å²) < 4.78 is 0. The van der Waals surface area contributed by atoms with E-state index in [-0.39, 0.29) is 18.0 Å². The van der Waals surface area contributed by atoms with Gasteiger partial charge in [-0.15, -0.1) is 0 Å². The van der Waals surface area contributed by atoms with Crippen LogP contribution in [0.4, 0.5) is 5.69 Å². The molecule has 0 bridgehead atoms. The Morgan fingerprint density at radius 2 is 2.37 bits per heavy atom. The molecule has 1 aromatic carbocycles. The molecule has 0 saturated carbocycles. The van der Waals surface area contributed by atoms with Gasteiger partial charge in [-0.25, -0.2) is 0 Å². The monoisotopic (exact) mass is 258 g/mol. The molecule has 1 amide bonds. The SMILES string of the molecule is CNCC1C(=O)NCC(C)N1c1cccc(C#N)c1. The van der Waals surface area contributed by atoms with Crippen LogP contribution in [-0.2, 0) is 4.79 Å². The number of nitrogens with zero attached hydrogens (tertiary/aromatic N) is 2. The third-order valence-electron chi connectivity index (χ3n) is 3.36. The largest absolute Gasteiger partial charge is 0.354 e. The third-order valence-corrected chi connectivity index (χ3v) is 3.36. The Balaban J connectivity index is 2.36. The van der Waals surface area contributed by atoms with Crippen LogP contribution in [0.15, 0.2) is 24.3 Å². The molecule has 1 fully saturated rings. The molecule has 100 valence electrons. The van der Waals surface area contributed by atoms with Crippen LogP contribution in [0.5, 0.6) is 0 Å². The molecule has 1 saturated heterocycles. The Hall–Kier alpha value is -2.06. The molecule has 2 unspecified atom stereocenters. The lowest BCUT2D eigenvalue weighted by Gasteiger charge is -2.41. The number of amides is 1. The van der Waals surface area contributed by atoms with Crippen molar-refractivity contribution >= 4 is 11.6 Å². The first kappa shape index (κ1) is 13.4. The van der Waals surface area contributed by atoms with E-state index in [1.165, 1.54) is 0 Å². The maximum absolute atomic E-state index is 12.0. The Labute approximate surface area is 113 Å². The van der Waals surface area contributed by atoms with Crippen molar-refractivity contribution in [3.8, 4) is 6.07 Å². The van der Waals surface area contributed by atoms with Crippen molar-refractivity contribution in [2.75, 3.05) is 25.0 Å². The molecule has 0 aromatic heterocycles. The summed E-state index contributed by atoms with van der Waals surface area (Å²) in [6.07, 6.45) is 0. The summed E-state index contributed by atoms with van der Waals surface area (Å²) in [5.74, 6) is 0.0230. The van der Waals surface area contributed by atoms with Gasteiger partial charge in [0.05, 0.1) is 11.6 Å². The summed E-state index contributed by atoms with van der Waals surface area (Å²) in [5.41, 5.74) is 1.53. The Morgan fingerprint density at radius 1 is 1.58 bits per heavy atom. The van der Waals surface area contributed by atoms with Gasteiger partial charge >= 0.3 is 0 Å². The number of likely N-dealkylation sites (N-methyl/N-ethyl adjacent to an activating group) is 1. The number of piperazine rings is 1. The van der Waals surface area contributed by atoms with Crippen molar-refractivity contribution in [3.05, 3.63) is 29.8 Å². The first-order valence-electron chi connectivity index (χ1n) is 6.38. The molecule has 1 aliphatic rings. The first-order valence-corrected chi connectivity index (χ1v) is 6.38. The minimum atomic E-state index is -0.248. The molecule has 5 heteroatoms. The maximum atomic E-state index is 12.0. The number of anilines is 1. The van der Waals surface area contributed by atoms with E-state index in [0.29, 0.717) is 18.7 Å². The van der Waals surface area contributed by atoms with E-state index in [1.807, 2.05) is 25.2 Å². The molecule has 0 radical (unpaired) electrons. The second-order valence-corrected chi connectivity index (χ2v) is 4.74. The van der Waals surface area contributed by atoms with Gasteiger partial charge in [-0.1, -0.05) is 6.07 Å². The highest BCUT2D eigenvalue weighted by molar-refractivity contribution is 5.87. The van der Waals surface area contributed by atoms with Crippen molar-refractivity contribution < 1.29 is 4.79 Å². The highest BCUT2D eigenvalue weighted by Gasteiger charge is 2.33. The van der Waals surface area contributed by atoms with Gasteiger partial charge in [0.25, 0.3) is 0 Å². The quantitative estimate of drug-likeness (QED) is 0.827. The number of rotatable bonds is 3. The summed E-state index contributed by atoms with van der Waals surface area (Å²) in [4.78, 5) is 14.1. The van der Waals surface area contributed by atoms with Crippen molar-refractivity contribution in [1.29, 1.82) is 5.26 Å². The second-order valence-electron chi connectivity index (χ2n) is 4.74. The van der Waals surface area contributed by atoms with Gasteiger partial charge < -0.3 is 15.5 Å². The second kappa shape index (κ2) is 5.72. The number of nitriles is 1. The summed E-state index contributed by atoms with van der Waals surface area (Å²) >= 11 is 0. The van der Waals surface area contributed by atoms with E-state index in [2.05, 4.69) is 28.5 Å². The van der Waals surface area contributed by atoms with Crippen LogP contribution in [0.25, 0.3) is 0 Å². The molecule has 19 heavy (non-hydrogen) atoms. The molecule has 5 nitrogen and oxygen atoms in total. The van der Waals surface area contributed by atoms with Crippen LogP contribution >= 0.6 is 0 Å². The van der Waals surface area contributed by atoms with Gasteiger partial charge in [0.15, 0.2) is 0 Å². The predicted octanol–water partition coefficient (Wildman–Crippen LogP) is 0.471. The van der Waals surface area contributed by atoms with Gasteiger partial charge in [0.1, 0.15) is 6.04 Å². The van der Waals surface area contributed by atoms with E-state index in [9.17, 15) is 4.79 Å². The van der Waals surface area contributed by atoms with Gasteiger partial charge in [0.2, 0.25) is 5.91 Å². The van der Waals surface area contributed by atoms with Gasteiger partial charge in [0, 0.05) is 24.8 Å². The molecular formula is C14H18N4O. The fourth-order valence-corrected chi connectivity index (χ4v) is 2.45. The summed E-state index contributed by atoms with van der Waals surface area (Å²) in [6.45, 7) is 3.27. The average Bonchev–Trinajstić information content (AvgIpc) is 2.43. The number of nitrogens with one attached hydrogen (secondary N) is 2. The van der Waals surface area contributed by atoms with Crippen LogP contribution in [0.2, 0.25) is 0 Å². The maximum Gasteiger partial charge on any atom is 0.244 e. The lowest BCUT2D eigenvalue weighted by molar-refractivity contribution is -0.123. The topological polar surface area (TPSA) is 68.2 Å². The summed E-state index contributed by atoms with van der Waals surface area (Å²) in [5, 5.41) is 14.9. The Morgan fingerprint density at radius 3 is 3.05 bits per heavy atom. The standard InChI is InChI=1S/C14H18N4O/c1-10-8-17-14(19)13(9-16-2)18(10)12-5-3-4-11(6-12)7-15/h3-6,10,13,16H,8-9H2,1-2H3,(H,17,19). The highest BCUT2D eigenvalue weighted by atomic mass is 16.2. The zero-order chi connectivity index (χ0) is 13.8. The van der Waals surface area contributed by atoms with E-state index >= 15 is 0 Å². The molecule has 2 N–H and O–H groups in total. The van der Waals surface area contributed by atoms with Gasteiger partial charge in [-0.05, 0) is 32.2 Å². The van der Waals surface area contributed by atoms with Crippen LogP contribution < -0.4 is 15.5 Å². The van der Waals surface area contributed by atoms with Crippen molar-refractivity contribution in [2.45, 2.75) is 19.0 Å². The number of benzene rings is 1. The number of hydrogen-bond acceptors (Lipinski definition) is 4. The van der Waals surface area contributed by atoms with E-state index < -0.39 is 0 Å². The lowest BCUT2D eigenvalue weighted by atomic mass is 10.0. The predicted molar refractivity (Wildman–Crippen MR) is 73.8 cm³/mol. The minimum absolute atomic E-state index is 0.0230. The van der Waals surface area contributed by atoms with E-state index in [4.69, 9.17) is 5.26 Å². The Kier molecular flexibility index (Phi) is 4.03. The van der Waals surface area contributed by atoms with Crippen LogP contribution in [0, 0.1) is 11.3 Å². The Bertz CT molecular complexity index is 508. The zero-order valence-corrected chi connectivity index (χ0v) is 11.2. The zero-order valence-electron chi connectivity index (χ0n) is 11.2. The first-order chi connectivity index (χ1) is 9.17. The smallest absolute Gasteiger partial charge is 0.244 e. The minimum Gasteiger partial charge on any atom is -0.354 e. The molecular weight excluding hydrogens is 240 g/mol. The van der Waals surface area contributed by atoms with Gasteiger partial charge in [-0.2, -0.15) is 5.26 Å². The van der Waals surface area contributed by atoms with Crippen molar-refractivity contribution in [2.24, 2.45) is 0 Å². The van der Waals surface area contributed by atoms with Crippen LogP contribution in [0.1, 0.15) is 12.5 Å². The average molecular weight is 258 g/mol. The molecule has 1 heterocycles. The lowest BCUT2D eigenvalue weighted by Crippen LogP contribution is -2.62. The number of hydrogen-bond donors (Lipinski definition) is 2. The number of carbonyl (C=O) groups is 1. The number of carbonyl (C=O) groups excluding carboxylic acids is 1. The van der Waals surface area contributed by atoms with E-state index in [1.54, 1.807) is 6.07 Å². The third kappa shape index (κ3) is 2.69. The van der Waals surface area contributed by atoms with Crippen molar-refractivity contribution in [1.82, 2.24) is 10.6 Å². The van der Waals surface area contributed by atoms with Crippen LogP contribution in [-0.4, -0.2) is 38.1 Å². The van der Waals surface area contributed by atoms with E-state index in [0.717, 1.165) is 5.69 Å². The fraction of sp³-hybridized carbons (Fsp3) is 0.429. The summed E-state index contributed by atoms with van der Waals surface area (Å²) in [6, 6.07) is 9.48. The highest BCUT2D eigenvalue weighted by Crippen LogP contribution is 2.23. The summed E-state index contributed by atoms with van der Waals surface area (Å²) in [7, 11) is 1.83. The van der Waals surface area contributed by atoms with Crippen LogP contribution in [0.3, 0.4) is 0 Å². The molecule has 1 aromatic rings. The molecule has 1 aliphatic heterocycles. The normalized spacial score (nSPS) is 22.8. The van der Waals surface area contributed by atoms with Gasteiger partial charge in [-0.3, -0.25) is 4.79 Å². The molecule has 0 spiro atoms. The molecule has 2 rings (SSSR count). The fourth-order valence-electron chi connectivity index (χ4n) is 2.45. The van der Waals surface area contributed by atoms with Crippen molar-refractivity contribution in [3.63, 3.8) is 0 Å².